The topological polar surface area (TPSA) is 218 Å². The highest BCUT2D eigenvalue weighted by molar-refractivity contribution is 5.76. The molecule has 0 bridgehead atoms. The monoisotopic (exact) mass is 462 g/mol. The average molecular weight is 462 g/mol. The summed E-state index contributed by atoms with van der Waals surface area (Å²) in [6.07, 6.45) is -5.91. The molecule has 2 aliphatic rings. The number of allylic oxidation sites excluding steroid dienone is 1. The van der Waals surface area contributed by atoms with Crippen molar-refractivity contribution >= 4 is 11.9 Å². The van der Waals surface area contributed by atoms with Crippen molar-refractivity contribution in [2.75, 3.05) is 13.2 Å². The molecule has 1 fully saturated rings. The van der Waals surface area contributed by atoms with Crippen LogP contribution in [0.2, 0.25) is 0 Å². The summed E-state index contributed by atoms with van der Waals surface area (Å²) < 4.78 is 20.6. The Bertz CT molecular complexity index is 724. The van der Waals surface area contributed by atoms with E-state index < -0.39 is 79.8 Å². The minimum atomic E-state index is -2.56. The van der Waals surface area contributed by atoms with E-state index in [1.165, 1.54) is 19.1 Å². The zero-order valence-corrected chi connectivity index (χ0v) is 17.1. The van der Waals surface area contributed by atoms with E-state index in [0.717, 1.165) is 12.3 Å². The molecule has 13 heteroatoms. The first-order chi connectivity index (χ1) is 15.0. The van der Waals surface area contributed by atoms with E-state index in [4.69, 9.17) is 24.1 Å². The number of aliphatic hydroxyl groups excluding tert-OH is 5. The molecular formula is C19H26O13-2. The van der Waals surface area contributed by atoms with Gasteiger partial charge in [-0.15, -0.1) is 0 Å². The number of rotatable bonds is 10. The van der Waals surface area contributed by atoms with E-state index in [9.17, 15) is 40.2 Å². The second kappa shape index (κ2) is 10.7. The van der Waals surface area contributed by atoms with Gasteiger partial charge in [-0.25, -0.2) is 0 Å². The minimum absolute atomic E-state index is 0.0513. The minimum Gasteiger partial charge on any atom is -0.544 e. The number of carboxylic acids is 2. The van der Waals surface area contributed by atoms with E-state index in [0.29, 0.717) is 0 Å². The molecule has 13 nitrogen and oxygen atoms in total. The Balaban J connectivity index is 2.19. The van der Waals surface area contributed by atoms with Gasteiger partial charge >= 0.3 is 0 Å². The van der Waals surface area contributed by atoms with Crippen LogP contribution in [0.25, 0.3) is 0 Å². The molecular weight excluding hydrogens is 436 g/mol. The number of hydrogen-bond acceptors (Lipinski definition) is 13. The summed E-state index contributed by atoms with van der Waals surface area (Å²) in [4.78, 5) is 23.3. The van der Waals surface area contributed by atoms with Gasteiger partial charge in [0.25, 0.3) is 5.79 Å². The van der Waals surface area contributed by atoms with Crippen LogP contribution in [0.15, 0.2) is 24.5 Å². The summed E-state index contributed by atoms with van der Waals surface area (Å²) in [5.74, 6) is -8.88. The van der Waals surface area contributed by atoms with Crippen molar-refractivity contribution in [1.29, 1.82) is 0 Å². The predicted molar refractivity (Wildman–Crippen MR) is 96.6 cm³/mol. The highest BCUT2D eigenvalue weighted by Crippen LogP contribution is 2.33. The average Bonchev–Trinajstić information content (AvgIpc) is 2.77. The predicted octanol–water partition coefficient (Wildman–Crippen LogP) is -4.98. The van der Waals surface area contributed by atoms with Gasteiger partial charge in [0.2, 0.25) is 5.79 Å². The van der Waals surface area contributed by atoms with Gasteiger partial charge in [-0.3, -0.25) is 0 Å². The van der Waals surface area contributed by atoms with Gasteiger partial charge in [-0.2, -0.15) is 0 Å². The third kappa shape index (κ3) is 5.44. The Kier molecular flexibility index (Phi) is 8.73. The van der Waals surface area contributed by atoms with E-state index in [2.05, 4.69) is 0 Å². The Labute approximate surface area is 182 Å². The highest BCUT2D eigenvalue weighted by Gasteiger charge is 2.51. The zero-order chi connectivity index (χ0) is 24.1. The lowest BCUT2D eigenvalue weighted by atomic mass is 9.92. The largest absolute Gasteiger partial charge is 0.544 e. The van der Waals surface area contributed by atoms with Crippen LogP contribution in [0.5, 0.6) is 0 Å². The van der Waals surface area contributed by atoms with Crippen LogP contribution in [0.1, 0.15) is 19.8 Å². The Morgan fingerprint density at radius 3 is 2.47 bits per heavy atom. The standard InChI is InChI=1S/C19H28O13/c1-2-6-29-19(17(27)28)7-10(21)14(24)15(32-19)12(23)9-30-18(16(25)26)5-3-4-13(31-18)11(22)8-20/h2-3,5-6,10-15,20-24H,4,7-9H2,1H3,(H,25,26)(H,27,28)/p-2/b6-2-/t10-,11-,12-,13+,14-,15-,18-,19-/m1/s1. The Hall–Kier alpha value is -2.10. The van der Waals surface area contributed by atoms with Crippen LogP contribution in [-0.2, 0) is 28.5 Å². The SMILES string of the molecule is C/C=C\O[C@]1(C(=O)[O-])C[C@@H](O)[C@@H](O)[C@@H]([C@H](O)CO[C@]2(C(=O)[O-])C=CC[C@@H]([C@H](O)CO)O2)O1. The number of carbonyl (C=O) groups excluding carboxylic acids is 2. The van der Waals surface area contributed by atoms with Gasteiger partial charge in [0.05, 0.1) is 31.7 Å². The van der Waals surface area contributed by atoms with E-state index >= 15 is 0 Å². The van der Waals surface area contributed by atoms with Gasteiger partial charge in [-0.05, 0) is 19.4 Å². The lowest BCUT2D eigenvalue weighted by Gasteiger charge is -2.46. The molecule has 8 atom stereocenters. The number of aliphatic carboxylic acids is 2. The van der Waals surface area contributed by atoms with Gasteiger partial charge in [0.1, 0.15) is 36.4 Å². The van der Waals surface area contributed by atoms with Crippen molar-refractivity contribution in [2.24, 2.45) is 0 Å². The maximum atomic E-state index is 11.7. The number of ether oxygens (including phenoxy) is 4. The van der Waals surface area contributed by atoms with Gasteiger partial charge in [0, 0.05) is 6.42 Å². The molecule has 1 saturated heterocycles. The molecule has 182 valence electrons. The van der Waals surface area contributed by atoms with Crippen LogP contribution in [0.4, 0.5) is 0 Å². The molecule has 0 aromatic rings. The fraction of sp³-hybridized carbons (Fsp3) is 0.684. The fourth-order valence-corrected chi connectivity index (χ4v) is 3.28. The number of aliphatic hydroxyl groups is 5. The number of hydrogen-bond donors (Lipinski definition) is 5. The first kappa shape index (κ1) is 26.2. The molecule has 2 heterocycles. The van der Waals surface area contributed by atoms with Crippen molar-refractivity contribution in [1.82, 2.24) is 0 Å². The third-order valence-electron chi connectivity index (χ3n) is 5.02. The van der Waals surface area contributed by atoms with Crippen molar-refractivity contribution in [3.05, 3.63) is 24.5 Å². The zero-order valence-electron chi connectivity index (χ0n) is 17.1. The van der Waals surface area contributed by atoms with Crippen LogP contribution < -0.4 is 10.2 Å². The first-order valence-electron chi connectivity index (χ1n) is 9.74. The number of carboxylic acid groups (broad SMARTS) is 2. The maximum Gasteiger partial charge on any atom is 0.253 e. The summed E-state index contributed by atoms with van der Waals surface area (Å²) in [5.41, 5.74) is 0. The van der Waals surface area contributed by atoms with Crippen LogP contribution in [0, 0.1) is 0 Å². The summed E-state index contributed by atoms with van der Waals surface area (Å²) in [6.45, 7) is -0.113. The molecule has 2 rings (SSSR count). The summed E-state index contributed by atoms with van der Waals surface area (Å²) in [7, 11) is 0. The Morgan fingerprint density at radius 2 is 1.91 bits per heavy atom. The lowest BCUT2D eigenvalue weighted by Crippen LogP contribution is -2.65. The third-order valence-corrected chi connectivity index (χ3v) is 5.02. The van der Waals surface area contributed by atoms with Gasteiger partial charge < -0.3 is 64.3 Å². The molecule has 0 unspecified atom stereocenters. The van der Waals surface area contributed by atoms with E-state index in [-0.39, 0.29) is 6.42 Å². The molecule has 0 saturated carbocycles. The maximum absolute atomic E-state index is 11.7. The molecule has 0 radical (unpaired) electrons. The van der Waals surface area contributed by atoms with Crippen molar-refractivity contribution in [3.63, 3.8) is 0 Å². The second-order valence-electron chi connectivity index (χ2n) is 7.35. The van der Waals surface area contributed by atoms with Gasteiger partial charge in [0.15, 0.2) is 0 Å². The molecule has 2 aliphatic heterocycles. The molecule has 0 amide bonds. The first-order valence-corrected chi connectivity index (χ1v) is 9.74. The molecule has 0 spiro atoms. The van der Waals surface area contributed by atoms with Crippen molar-refractivity contribution < 1.29 is 64.3 Å². The lowest BCUT2D eigenvalue weighted by molar-refractivity contribution is -0.381. The molecule has 0 aromatic carbocycles. The smallest absolute Gasteiger partial charge is 0.253 e. The quantitative estimate of drug-likeness (QED) is 0.152. The summed E-state index contributed by atoms with van der Waals surface area (Å²) in [5, 5.41) is 72.8. The summed E-state index contributed by atoms with van der Waals surface area (Å²) >= 11 is 0. The normalized spacial score (nSPS) is 37.2. The van der Waals surface area contributed by atoms with Crippen LogP contribution in [0.3, 0.4) is 0 Å². The van der Waals surface area contributed by atoms with Crippen LogP contribution >= 0.6 is 0 Å². The molecule has 0 aromatic heterocycles. The van der Waals surface area contributed by atoms with Crippen molar-refractivity contribution in [2.45, 2.75) is 68.0 Å². The molecule has 32 heavy (non-hydrogen) atoms. The summed E-state index contributed by atoms with van der Waals surface area (Å²) in [6, 6.07) is 0. The van der Waals surface area contributed by atoms with E-state index in [1.807, 2.05) is 0 Å². The van der Waals surface area contributed by atoms with Gasteiger partial charge in [-0.1, -0.05) is 12.2 Å². The van der Waals surface area contributed by atoms with Crippen LogP contribution in [-0.4, -0.2) is 98.9 Å². The van der Waals surface area contributed by atoms with E-state index in [1.54, 1.807) is 0 Å². The highest BCUT2D eigenvalue weighted by atomic mass is 16.7. The van der Waals surface area contributed by atoms with Crippen molar-refractivity contribution in [3.8, 4) is 0 Å². The molecule has 0 aliphatic carbocycles. The fourth-order valence-electron chi connectivity index (χ4n) is 3.28. The molecule has 5 N–H and O–H groups in total. The number of carbonyl (C=O) groups is 2. The Morgan fingerprint density at radius 1 is 1.22 bits per heavy atom. The second-order valence-corrected chi connectivity index (χ2v) is 7.35.